The van der Waals surface area contributed by atoms with Gasteiger partial charge in [-0.2, -0.15) is 0 Å². The SMILES string of the molecule is CNCc1ccc(C(=O)N2CCN(C)CC2)o1. The molecule has 94 valence electrons. The largest absolute Gasteiger partial charge is 0.455 e. The molecule has 1 saturated heterocycles. The van der Waals surface area contributed by atoms with E-state index in [1.807, 2.05) is 18.0 Å². The minimum absolute atomic E-state index is 0.000420. The van der Waals surface area contributed by atoms with Crippen LogP contribution in [0.25, 0.3) is 0 Å². The summed E-state index contributed by atoms with van der Waals surface area (Å²) in [7, 11) is 3.92. The molecule has 1 amide bonds. The van der Waals surface area contributed by atoms with E-state index in [0.717, 1.165) is 31.9 Å². The quantitative estimate of drug-likeness (QED) is 0.826. The van der Waals surface area contributed by atoms with Crippen molar-refractivity contribution in [1.82, 2.24) is 15.1 Å². The Morgan fingerprint density at radius 2 is 2.06 bits per heavy atom. The molecule has 5 nitrogen and oxygen atoms in total. The van der Waals surface area contributed by atoms with Gasteiger partial charge in [0.2, 0.25) is 0 Å². The number of nitrogens with zero attached hydrogens (tertiary/aromatic N) is 2. The summed E-state index contributed by atoms with van der Waals surface area (Å²) in [6.07, 6.45) is 0. The summed E-state index contributed by atoms with van der Waals surface area (Å²) in [5.41, 5.74) is 0. The third kappa shape index (κ3) is 2.87. The Morgan fingerprint density at radius 1 is 1.35 bits per heavy atom. The van der Waals surface area contributed by atoms with Gasteiger partial charge in [-0.05, 0) is 26.2 Å². The Morgan fingerprint density at radius 3 is 2.71 bits per heavy atom. The van der Waals surface area contributed by atoms with Crippen molar-refractivity contribution in [2.75, 3.05) is 40.3 Å². The molecule has 17 heavy (non-hydrogen) atoms. The van der Waals surface area contributed by atoms with Crippen LogP contribution in [0.4, 0.5) is 0 Å². The molecule has 2 rings (SSSR count). The van der Waals surface area contributed by atoms with Crippen LogP contribution in [0.5, 0.6) is 0 Å². The van der Waals surface area contributed by atoms with E-state index < -0.39 is 0 Å². The summed E-state index contributed by atoms with van der Waals surface area (Å²) < 4.78 is 5.50. The Balaban J connectivity index is 1.98. The van der Waals surface area contributed by atoms with Crippen molar-refractivity contribution in [2.24, 2.45) is 0 Å². The van der Waals surface area contributed by atoms with Crippen molar-refractivity contribution in [3.63, 3.8) is 0 Å². The zero-order valence-corrected chi connectivity index (χ0v) is 10.4. The summed E-state index contributed by atoms with van der Waals surface area (Å²) >= 11 is 0. The smallest absolute Gasteiger partial charge is 0.289 e. The number of rotatable bonds is 3. The molecule has 0 atom stereocenters. The Kier molecular flexibility index (Phi) is 3.81. The fraction of sp³-hybridized carbons (Fsp3) is 0.583. The molecule has 1 aromatic heterocycles. The molecular weight excluding hydrogens is 218 g/mol. The molecule has 0 unspecified atom stereocenters. The van der Waals surface area contributed by atoms with Gasteiger partial charge in [0, 0.05) is 26.2 Å². The number of carbonyl (C=O) groups is 1. The van der Waals surface area contributed by atoms with Crippen LogP contribution in [0.15, 0.2) is 16.5 Å². The van der Waals surface area contributed by atoms with Crippen LogP contribution in [0.3, 0.4) is 0 Å². The third-order valence-electron chi connectivity index (χ3n) is 3.01. The number of amides is 1. The topological polar surface area (TPSA) is 48.7 Å². The highest BCUT2D eigenvalue weighted by Crippen LogP contribution is 2.12. The van der Waals surface area contributed by atoms with E-state index in [0.29, 0.717) is 12.3 Å². The molecule has 0 aliphatic carbocycles. The molecule has 0 spiro atoms. The highest BCUT2D eigenvalue weighted by atomic mass is 16.4. The van der Waals surface area contributed by atoms with Crippen molar-refractivity contribution in [3.8, 4) is 0 Å². The van der Waals surface area contributed by atoms with Crippen LogP contribution in [0.2, 0.25) is 0 Å². The fourth-order valence-corrected chi connectivity index (χ4v) is 1.93. The lowest BCUT2D eigenvalue weighted by atomic mass is 10.3. The van der Waals surface area contributed by atoms with E-state index in [9.17, 15) is 4.79 Å². The van der Waals surface area contributed by atoms with Gasteiger partial charge in [-0.15, -0.1) is 0 Å². The molecule has 1 aliphatic heterocycles. The number of hydrogen-bond acceptors (Lipinski definition) is 4. The summed E-state index contributed by atoms with van der Waals surface area (Å²) in [6, 6.07) is 3.60. The van der Waals surface area contributed by atoms with Crippen LogP contribution in [-0.2, 0) is 6.54 Å². The first-order valence-corrected chi connectivity index (χ1v) is 5.92. The summed E-state index contributed by atoms with van der Waals surface area (Å²) in [5.74, 6) is 1.24. The molecule has 1 N–H and O–H groups in total. The molecule has 1 fully saturated rings. The zero-order chi connectivity index (χ0) is 12.3. The number of carbonyl (C=O) groups excluding carboxylic acids is 1. The van der Waals surface area contributed by atoms with Crippen LogP contribution in [0.1, 0.15) is 16.3 Å². The number of likely N-dealkylation sites (N-methyl/N-ethyl adjacent to an activating group) is 1. The average molecular weight is 237 g/mol. The Labute approximate surface area is 101 Å². The number of piperazine rings is 1. The van der Waals surface area contributed by atoms with Crippen molar-refractivity contribution in [3.05, 3.63) is 23.7 Å². The first kappa shape index (κ1) is 12.1. The van der Waals surface area contributed by atoms with Gasteiger partial charge < -0.3 is 19.5 Å². The van der Waals surface area contributed by atoms with Gasteiger partial charge in [-0.3, -0.25) is 4.79 Å². The van der Waals surface area contributed by atoms with E-state index in [2.05, 4.69) is 17.3 Å². The minimum atomic E-state index is 0.000420. The number of nitrogens with one attached hydrogen (secondary N) is 1. The van der Waals surface area contributed by atoms with Crippen LogP contribution >= 0.6 is 0 Å². The van der Waals surface area contributed by atoms with Crippen molar-refractivity contribution >= 4 is 5.91 Å². The van der Waals surface area contributed by atoms with E-state index in [1.165, 1.54) is 0 Å². The maximum Gasteiger partial charge on any atom is 0.289 e. The monoisotopic (exact) mass is 237 g/mol. The Bertz CT molecular complexity index is 381. The normalized spacial score (nSPS) is 17.4. The van der Waals surface area contributed by atoms with Gasteiger partial charge in [-0.1, -0.05) is 0 Å². The summed E-state index contributed by atoms with van der Waals surface area (Å²) in [6.45, 7) is 4.05. The van der Waals surface area contributed by atoms with Gasteiger partial charge in [0.15, 0.2) is 5.76 Å². The Hall–Kier alpha value is -1.33. The van der Waals surface area contributed by atoms with Crippen molar-refractivity contribution < 1.29 is 9.21 Å². The zero-order valence-electron chi connectivity index (χ0n) is 10.4. The molecule has 0 bridgehead atoms. The van der Waals surface area contributed by atoms with E-state index in [4.69, 9.17) is 4.42 Å². The second kappa shape index (κ2) is 5.33. The van der Waals surface area contributed by atoms with Gasteiger partial charge in [0.25, 0.3) is 5.91 Å². The average Bonchev–Trinajstić information content (AvgIpc) is 2.78. The molecule has 1 aliphatic rings. The lowest BCUT2D eigenvalue weighted by Gasteiger charge is -2.31. The predicted molar refractivity (Wildman–Crippen MR) is 64.9 cm³/mol. The van der Waals surface area contributed by atoms with E-state index >= 15 is 0 Å². The standard InChI is InChI=1S/C12H19N3O2/c1-13-9-10-3-4-11(17-10)12(16)15-7-5-14(2)6-8-15/h3-4,13H,5-9H2,1-2H3. The highest BCUT2D eigenvalue weighted by molar-refractivity contribution is 5.91. The summed E-state index contributed by atoms with van der Waals surface area (Å²) in [4.78, 5) is 16.2. The van der Waals surface area contributed by atoms with E-state index in [1.54, 1.807) is 6.07 Å². The van der Waals surface area contributed by atoms with Crippen molar-refractivity contribution in [1.29, 1.82) is 0 Å². The van der Waals surface area contributed by atoms with Crippen LogP contribution < -0.4 is 5.32 Å². The van der Waals surface area contributed by atoms with Crippen LogP contribution in [0, 0.1) is 0 Å². The van der Waals surface area contributed by atoms with Gasteiger partial charge in [0.05, 0.1) is 6.54 Å². The second-order valence-electron chi connectivity index (χ2n) is 4.39. The maximum absolute atomic E-state index is 12.1. The maximum atomic E-state index is 12.1. The van der Waals surface area contributed by atoms with Crippen molar-refractivity contribution in [2.45, 2.75) is 6.54 Å². The molecular formula is C12H19N3O2. The molecule has 2 heterocycles. The lowest BCUT2D eigenvalue weighted by molar-refractivity contribution is 0.0630. The van der Waals surface area contributed by atoms with E-state index in [-0.39, 0.29) is 5.91 Å². The minimum Gasteiger partial charge on any atom is -0.455 e. The van der Waals surface area contributed by atoms with Gasteiger partial charge >= 0.3 is 0 Å². The molecule has 0 radical (unpaired) electrons. The summed E-state index contributed by atoms with van der Waals surface area (Å²) in [5, 5.41) is 3.00. The third-order valence-corrected chi connectivity index (χ3v) is 3.01. The van der Waals surface area contributed by atoms with Crippen LogP contribution in [-0.4, -0.2) is 56.0 Å². The predicted octanol–water partition coefficient (Wildman–Crippen LogP) is 0.387. The number of furan rings is 1. The molecule has 5 heteroatoms. The first-order chi connectivity index (χ1) is 8.20. The fourth-order valence-electron chi connectivity index (χ4n) is 1.93. The second-order valence-corrected chi connectivity index (χ2v) is 4.39. The van der Waals surface area contributed by atoms with Gasteiger partial charge in [-0.25, -0.2) is 0 Å². The highest BCUT2D eigenvalue weighted by Gasteiger charge is 2.22. The molecule has 0 saturated carbocycles. The number of hydrogen-bond donors (Lipinski definition) is 1. The van der Waals surface area contributed by atoms with Gasteiger partial charge in [0.1, 0.15) is 5.76 Å². The molecule has 0 aromatic carbocycles. The first-order valence-electron chi connectivity index (χ1n) is 5.92. The lowest BCUT2D eigenvalue weighted by Crippen LogP contribution is -2.47. The molecule has 1 aromatic rings.